The van der Waals surface area contributed by atoms with Crippen molar-refractivity contribution in [2.75, 3.05) is 20.2 Å². The summed E-state index contributed by atoms with van der Waals surface area (Å²) in [6.07, 6.45) is 2.42. The average Bonchev–Trinajstić information content (AvgIpc) is 3.18. The maximum Gasteiger partial charge on any atom is 0.226 e. The molecule has 1 aromatic carbocycles. The fourth-order valence-electron chi connectivity index (χ4n) is 2.46. The molecule has 4 nitrogen and oxygen atoms in total. The van der Waals surface area contributed by atoms with Crippen LogP contribution in [0.1, 0.15) is 24.4 Å². The number of hydrogen-bond acceptors (Lipinski definition) is 3. The highest BCUT2D eigenvalue weighted by Crippen LogP contribution is 2.41. The first-order valence-electron chi connectivity index (χ1n) is 6.93. The number of hydrogen-bond donors (Lipinski definition) is 2. The lowest BCUT2D eigenvalue weighted by atomic mass is 9.98. The molecule has 20 heavy (non-hydrogen) atoms. The molecule has 1 heterocycles. The molecule has 110 valence electrons. The van der Waals surface area contributed by atoms with Gasteiger partial charge in [0.05, 0.1) is 19.1 Å². The summed E-state index contributed by atoms with van der Waals surface area (Å²) in [7, 11) is 1.67. The van der Waals surface area contributed by atoms with Crippen molar-refractivity contribution in [3.8, 4) is 5.75 Å². The third-order valence-electron chi connectivity index (χ3n) is 4.02. The van der Waals surface area contributed by atoms with E-state index < -0.39 is 0 Å². The second-order valence-corrected chi connectivity index (χ2v) is 5.45. The molecule has 0 spiro atoms. The van der Waals surface area contributed by atoms with E-state index in [1.54, 1.807) is 7.11 Å². The molecule has 1 saturated carbocycles. The van der Waals surface area contributed by atoms with Crippen LogP contribution in [0.5, 0.6) is 5.75 Å². The van der Waals surface area contributed by atoms with Crippen LogP contribution in [0.2, 0.25) is 0 Å². The molecule has 2 aliphatic rings. The normalized spacial score (nSPS) is 19.4. The first-order chi connectivity index (χ1) is 9.28. The maximum atomic E-state index is 12.1. The molecule has 1 saturated heterocycles. The van der Waals surface area contributed by atoms with E-state index in [1.807, 2.05) is 12.1 Å². The molecule has 0 aromatic heterocycles. The molecule has 1 aliphatic heterocycles. The Kier molecular flexibility index (Phi) is 4.89. The summed E-state index contributed by atoms with van der Waals surface area (Å²) in [5, 5.41) is 6.35. The summed E-state index contributed by atoms with van der Waals surface area (Å²) in [4.78, 5) is 12.1. The quantitative estimate of drug-likeness (QED) is 0.872. The van der Waals surface area contributed by atoms with E-state index in [4.69, 9.17) is 4.74 Å². The van der Waals surface area contributed by atoms with Crippen LogP contribution in [-0.4, -0.2) is 26.1 Å². The molecule has 2 fully saturated rings. The Labute approximate surface area is 125 Å². The van der Waals surface area contributed by atoms with Crippen LogP contribution >= 0.6 is 12.4 Å². The lowest BCUT2D eigenvalue weighted by molar-refractivity contribution is -0.127. The number of carbonyl (C=O) groups is 1. The maximum absolute atomic E-state index is 12.1. The first-order valence-corrected chi connectivity index (χ1v) is 6.93. The standard InChI is InChI=1S/C15H20N2O2.ClH/c1-19-13-6-4-11(5-7-13)14(10-2-3-10)17-15(18)12-8-16-9-12;/h4-7,10,12,14,16H,2-3,8-9H2,1H3,(H,17,18);1H. The van der Waals surface area contributed by atoms with Gasteiger partial charge in [-0.1, -0.05) is 12.1 Å². The van der Waals surface area contributed by atoms with Gasteiger partial charge in [-0.2, -0.15) is 0 Å². The Morgan fingerprint density at radius 2 is 1.95 bits per heavy atom. The molecular formula is C15H21ClN2O2. The van der Waals surface area contributed by atoms with Gasteiger partial charge in [-0.25, -0.2) is 0 Å². The Balaban J connectivity index is 0.00000147. The number of rotatable bonds is 5. The average molecular weight is 297 g/mol. The fraction of sp³-hybridized carbons (Fsp3) is 0.533. The number of benzene rings is 1. The molecule has 3 rings (SSSR count). The Bertz CT molecular complexity index is 455. The molecule has 1 atom stereocenters. The van der Waals surface area contributed by atoms with Gasteiger partial charge >= 0.3 is 0 Å². The summed E-state index contributed by atoms with van der Waals surface area (Å²) in [6, 6.07) is 8.20. The topological polar surface area (TPSA) is 50.4 Å². The predicted octanol–water partition coefficient (Wildman–Crippen LogP) is 1.90. The Morgan fingerprint density at radius 1 is 1.30 bits per heavy atom. The van der Waals surface area contributed by atoms with Crippen molar-refractivity contribution in [3.05, 3.63) is 29.8 Å². The minimum absolute atomic E-state index is 0. The monoisotopic (exact) mass is 296 g/mol. The second kappa shape index (κ2) is 6.46. The highest BCUT2D eigenvalue weighted by molar-refractivity contribution is 5.85. The highest BCUT2D eigenvalue weighted by Gasteiger charge is 2.35. The second-order valence-electron chi connectivity index (χ2n) is 5.45. The van der Waals surface area contributed by atoms with Gasteiger partial charge in [-0.15, -0.1) is 12.4 Å². The predicted molar refractivity (Wildman–Crippen MR) is 80.2 cm³/mol. The van der Waals surface area contributed by atoms with Gasteiger partial charge in [0.1, 0.15) is 5.75 Å². The smallest absolute Gasteiger partial charge is 0.226 e. The van der Waals surface area contributed by atoms with Gasteiger partial charge in [0.25, 0.3) is 0 Å². The van der Waals surface area contributed by atoms with Crippen molar-refractivity contribution in [2.45, 2.75) is 18.9 Å². The molecule has 1 unspecified atom stereocenters. The molecular weight excluding hydrogens is 276 g/mol. The third kappa shape index (κ3) is 3.25. The van der Waals surface area contributed by atoms with E-state index in [0.717, 1.165) is 18.8 Å². The summed E-state index contributed by atoms with van der Waals surface area (Å²) in [5.74, 6) is 1.80. The van der Waals surface area contributed by atoms with Crippen molar-refractivity contribution >= 4 is 18.3 Å². The molecule has 1 aromatic rings. The molecule has 0 radical (unpaired) electrons. The van der Waals surface area contributed by atoms with Crippen LogP contribution in [-0.2, 0) is 4.79 Å². The number of methoxy groups -OCH3 is 1. The lowest BCUT2D eigenvalue weighted by Gasteiger charge is -2.28. The summed E-state index contributed by atoms with van der Waals surface area (Å²) in [5.41, 5.74) is 1.18. The van der Waals surface area contributed by atoms with Gasteiger partial charge in [-0.05, 0) is 36.5 Å². The number of amides is 1. The van der Waals surface area contributed by atoms with Crippen LogP contribution in [0.3, 0.4) is 0 Å². The summed E-state index contributed by atoms with van der Waals surface area (Å²) in [6.45, 7) is 1.62. The molecule has 2 N–H and O–H groups in total. The Hall–Kier alpha value is -1.26. The van der Waals surface area contributed by atoms with Crippen molar-refractivity contribution < 1.29 is 9.53 Å². The van der Waals surface area contributed by atoms with Crippen molar-refractivity contribution in [1.29, 1.82) is 0 Å². The van der Waals surface area contributed by atoms with Gasteiger partial charge in [0.15, 0.2) is 0 Å². The van der Waals surface area contributed by atoms with E-state index in [9.17, 15) is 4.79 Å². The largest absolute Gasteiger partial charge is 0.497 e. The van der Waals surface area contributed by atoms with E-state index in [2.05, 4.69) is 22.8 Å². The van der Waals surface area contributed by atoms with E-state index in [-0.39, 0.29) is 30.3 Å². The van der Waals surface area contributed by atoms with Crippen molar-refractivity contribution in [1.82, 2.24) is 10.6 Å². The Morgan fingerprint density at radius 3 is 2.40 bits per heavy atom. The number of nitrogens with one attached hydrogen (secondary N) is 2. The highest BCUT2D eigenvalue weighted by atomic mass is 35.5. The van der Waals surface area contributed by atoms with E-state index >= 15 is 0 Å². The molecule has 0 bridgehead atoms. The summed E-state index contributed by atoms with van der Waals surface area (Å²) < 4.78 is 5.18. The first kappa shape index (κ1) is 15.1. The van der Waals surface area contributed by atoms with Gasteiger partial charge in [0, 0.05) is 13.1 Å². The van der Waals surface area contributed by atoms with E-state index in [0.29, 0.717) is 5.92 Å². The van der Waals surface area contributed by atoms with Crippen LogP contribution in [0.25, 0.3) is 0 Å². The van der Waals surface area contributed by atoms with Crippen molar-refractivity contribution in [2.24, 2.45) is 11.8 Å². The SMILES string of the molecule is COc1ccc(C(NC(=O)C2CNC2)C2CC2)cc1.Cl. The third-order valence-corrected chi connectivity index (χ3v) is 4.02. The van der Waals surface area contributed by atoms with Crippen LogP contribution < -0.4 is 15.4 Å². The number of carbonyl (C=O) groups excluding carboxylic acids is 1. The van der Waals surface area contributed by atoms with Gasteiger partial charge < -0.3 is 15.4 Å². The zero-order valence-electron chi connectivity index (χ0n) is 11.6. The van der Waals surface area contributed by atoms with Crippen molar-refractivity contribution in [3.63, 3.8) is 0 Å². The minimum atomic E-state index is 0. The molecule has 1 amide bonds. The fourth-order valence-corrected chi connectivity index (χ4v) is 2.46. The zero-order chi connectivity index (χ0) is 13.2. The number of ether oxygens (including phenoxy) is 1. The lowest BCUT2D eigenvalue weighted by Crippen LogP contribution is -2.51. The summed E-state index contributed by atoms with van der Waals surface area (Å²) >= 11 is 0. The molecule has 5 heteroatoms. The molecule has 1 aliphatic carbocycles. The minimum Gasteiger partial charge on any atom is -0.497 e. The van der Waals surface area contributed by atoms with Crippen LogP contribution in [0.4, 0.5) is 0 Å². The van der Waals surface area contributed by atoms with Crippen LogP contribution in [0.15, 0.2) is 24.3 Å². The van der Waals surface area contributed by atoms with Crippen LogP contribution in [0, 0.1) is 11.8 Å². The zero-order valence-corrected chi connectivity index (χ0v) is 12.4. The van der Waals surface area contributed by atoms with Gasteiger partial charge in [0.2, 0.25) is 5.91 Å². The van der Waals surface area contributed by atoms with E-state index in [1.165, 1.54) is 18.4 Å². The van der Waals surface area contributed by atoms with Gasteiger partial charge in [-0.3, -0.25) is 4.79 Å². The number of halogens is 1.